The van der Waals surface area contributed by atoms with E-state index in [-0.39, 0.29) is 11.5 Å². The van der Waals surface area contributed by atoms with Crippen LogP contribution in [0.25, 0.3) is 0 Å². The molecule has 2 aromatic heterocycles. The van der Waals surface area contributed by atoms with Crippen LogP contribution in [0.2, 0.25) is 0 Å². The molecule has 2 heterocycles. The Labute approximate surface area is 114 Å². The number of thiazole rings is 1. The van der Waals surface area contributed by atoms with Crippen LogP contribution in [0.1, 0.15) is 38.5 Å². The molecule has 0 saturated carbocycles. The number of carbonyl (C=O) groups excluding carboxylic acids is 1. The molecule has 2 rings (SSSR count). The molecular formula is C13H14N2O3S. The molecule has 0 aliphatic rings. The third-order valence-corrected chi connectivity index (χ3v) is 3.62. The van der Waals surface area contributed by atoms with Crippen molar-refractivity contribution in [2.75, 3.05) is 0 Å². The minimum absolute atomic E-state index is 0.134. The summed E-state index contributed by atoms with van der Waals surface area (Å²) in [4.78, 5) is 26.8. The second-order valence-corrected chi connectivity index (χ2v) is 5.34. The second kappa shape index (κ2) is 5.36. The SMILES string of the molecule is CC(=O)c1cc(C(=O)O)n(CCc2csc(C)n2)c1. The molecule has 0 aliphatic heterocycles. The average molecular weight is 278 g/mol. The number of carboxylic acid groups (broad SMARTS) is 1. The Morgan fingerprint density at radius 1 is 1.47 bits per heavy atom. The number of hydrogen-bond acceptors (Lipinski definition) is 4. The number of ketones is 1. The lowest BCUT2D eigenvalue weighted by Gasteiger charge is -2.04. The van der Waals surface area contributed by atoms with Gasteiger partial charge in [0.15, 0.2) is 5.78 Å². The van der Waals surface area contributed by atoms with E-state index in [1.807, 2.05) is 12.3 Å². The number of nitrogens with zero attached hydrogens (tertiary/aromatic N) is 2. The molecule has 0 aliphatic carbocycles. The van der Waals surface area contributed by atoms with Crippen LogP contribution in [0.5, 0.6) is 0 Å². The highest BCUT2D eigenvalue weighted by Crippen LogP contribution is 2.13. The fraction of sp³-hybridized carbons (Fsp3) is 0.308. The van der Waals surface area contributed by atoms with Gasteiger partial charge in [-0.3, -0.25) is 4.79 Å². The zero-order valence-electron chi connectivity index (χ0n) is 10.7. The van der Waals surface area contributed by atoms with Crippen LogP contribution in [0.3, 0.4) is 0 Å². The van der Waals surface area contributed by atoms with Crippen LogP contribution in [0.15, 0.2) is 17.6 Å². The molecular weight excluding hydrogens is 264 g/mol. The number of carboxylic acids is 1. The molecule has 0 bridgehead atoms. The van der Waals surface area contributed by atoms with Gasteiger partial charge in [-0.15, -0.1) is 11.3 Å². The fourth-order valence-corrected chi connectivity index (χ4v) is 2.47. The van der Waals surface area contributed by atoms with Crippen LogP contribution in [-0.2, 0) is 13.0 Å². The summed E-state index contributed by atoms with van der Waals surface area (Å²) in [6.45, 7) is 3.85. The molecule has 0 spiro atoms. The lowest BCUT2D eigenvalue weighted by Crippen LogP contribution is -2.09. The van der Waals surface area contributed by atoms with Crippen LogP contribution in [-0.4, -0.2) is 26.4 Å². The van der Waals surface area contributed by atoms with E-state index >= 15 is 0 Å². The summed E-state index contributed by atoms with van der Waals surface area (Å²) in [5.41, 5.74) is 1.50. The number of rotatable bonds is 5. The van der Waals surface area contributed by atoms with Crippen molar-refractivity contribution in [3.8, 4) is 0 Å². The molecule has 19 heavy (non-hydrogen) atoms. The predicted molar refractivity (Wildman–Crippen MR) is 72.0 cm³/mol. The molecule has 0 atom stereocenters. The van der Waals surface area contributed by atoms with Crippen LogP contribution < -0.4 is 0 Å². The Hall–Kier alpha value is -1.95. The molecule has 0 unspecified atom stereocenters. The third kappa shape index (κ3) is 3.08. The van der Waals surface area contributed by atoms with Crippen LogP contribution >= 0.6 is 11.3 Å². The number of aromatic nitrogens is 2. The molecule has 6 heteroatoms. The zero-order chi connectivity index (χ0) is 14.0. The summed E-state index contributed by atoms with van der Waals surface area (Å²) in [6, 6.07) is 1.41. The molecule has 0 saturated heterocycles. The highest BCUT2D eigenvalue weighted by Gasteiger charge is 2.14. The highest BCUT2D eigenvalue weighted by atomic mass is 32.1. The fourth-order valence-electron chi connectivity index (χ4n) is 1.83. The third-order valence-electron chi connectivity index (χ3n) is 2.80. The number of hydrogen-bond donors (Lipinski definition) is 1. The van der Waals surface area contributed by atoms with Gasteiger partial charge in [-0.05, 0) is 19.9 Å². The quantitative estimate of drug-likeness (QED) is 0.852. The second-order valence-electron chi connectivity index (χ2n) is 4.28. The maximum Gasteiger partial charge on any atom is 0.352 e. The Kier molecular flexibility index (Phi) is 3.80. The number of aryl methyl sites for hydroxylation is 3. The molecule has 0 fully saturated rings. The van der Waals surface area contributed by atoms with E-state index in [0.717, 1.165) is 10.7 Å². The van der Waals surface area contributed by atoms with Crippen LogP contribution in [0.4, 0.5) is 0 Å². The Morgan fingerprint density at radius 3 is 2.74 bits per heavy atom. The van der Waals surface area contributed by atoms with Crippen molar-refractivity contribution in [2.24, 2.45) is 0 Å². The van der Waals surface area contributed by atoms with Crippen LogP contribution in [0, 0.1) is 6.92 Å². The molecule has 5 nitrogen and oxygen atoms in total. The topological polar surface area (TPSA) is 72.2 Å². The summed E-state index contributed by atoms with van der Waals surface area (Å²) in [7, 11) is 0. The zero-order valence-corrected chi connectivity index (χ0v) is 11.5. The van der Waals surface area contributed by atoms with Crippen molar-refractivity contribution in [2.45, 2.75) is 26.8 Å². The van der Waals surface area contributed by atoms with Gasteiger partial charge in [0, 0.05) is 30.1 Å². The molecule has 0 amide bonds. The minimum Gasteiger partial charge on any atom is -0.477 e. The maximum absolute atomic E-state index is 11.3. The van der Waals surface area contributed by atoms with Gasteiger partial charge in [-0.2, -0.15) is 0 Å². The average Bonchev–Trinajstić information content (AvgIpc) is 2.92. The van der Waals surface area contributed by atoms with E-state index in [4.69, 9.17) is 5.11 Å². The predicted octanol–water partition coefficient (Wildman–Crippen LogP) is 2.40. The Bertz CT molecular complexity index is 628. The first-order chi connectivity index (χ1) is 8.97. The first-order valence-electron chi connectivity index (χ1n) is 5.83. The van der Waals surface area contributed by atoms with E-state index in [0.29, 0.717) is 18.5 Å². The standard InChI is InChI=1S/C13H14N2O3S/c1-8(16)10-5-12(13(17)18)15(6-10)4-3-11-7-19-9(2)14-11/h5-7H,3-4H2,1-2H3,(H,17,18). The van der Waals surface area contributed by atoms with E-state index in [1.54, 1.807) is 22.1 Å². The summed E-state index contributed by atoms with van der Waals surface area (Å²) in [6.07, 6.45) is 2.24. The summed E-state index contributed by atoms with van der Waals surface area (Å²) < 4.78 is 1.59. The van der Waals surface area contributed by atoms with Crippen molar-refractivity contribution in [3.05, 3.63) is 39.6 Å². The first-order valence-corrected chi connectivity index (χ1v) is 6.70. The monoisotopic (exact) mass is 278 g/mol. The first kappa shape index (κ1) is 13.5. The molecule has 0 radical (unpaired) electrons. The number of carbonyl (C=O) groups is 2. The van der Waals surface area contributed by atoms with E-state index < -0.39 is 5.97 Å². The summed E-state index contributed by atoms with van der Waals surface area (Å²) in [5, 5.41) is 12.1. The van der Waals surface area contributed by atoms with Gasteiger partial charge < -0.3 is 9.67 Å². The smallest absolute Gasteiger partial charge is 0.352 e. The van der Waals surface area contributed by atoms with Gasteiger partial charge in [0.2, 0.25) is 0 Å². The van der Waals surface area contributed by atoms with E-state index in [9.17, 15) is 9.59 Å². The molecule has 0 aromatic carbocycles. The van der Waals surface area contributed by atoms with Gasteiger partial charge in [-0.25, -0.2) is 9.78 Å². The highest BCUT2D eigenvalue weighted by molar-refractivity contribution is 7.09. The maximum atomic E-state index is 11.3. The van der Waals surface area contributed by atoms with Gasteiger partial charge in [0.1, 0.15) is 5.69 Å². The lowest BCUT2D eigenvalue weighted by atomic mass is 10.2. The lowest BCUT2D eigenvalue weighted by molar-refractivity contribution is 0.0685. The van der Waals surface area contributed by atoms with Gasteiger partial charge >= 0.3 is 5.97 Å². The van der Waals surface area contributed by atoms with E-state index in [1.165, 1.54) is 13.0 Å². The summed E-state index contributed by atoms with van der Waals surface area (Å²) >= 11 is 1.57. The largest absolute Gasteiger partial charge is 0.477 e. The van der Waals surface area contributed by atoms with Crippen molar-refractivity contribution < 1.29 is 14.7 Å². The minimum atomic E-state index is -1.03. The molecule has 2 aromatic rings. The van der Waals surface area contributed by atoms with Gasteiger partial charge in [-0.1, -0.05) is 0 Å². The Balaban J connectivity index is 2.18. The van der Waals surface area contributed by atoms with Crippen molar-refractivity contribution in [1.82, 2.24) is 9.55 Å². The molecule has 100 valence electrons. The summed E-state index contributed by atoms with van der Waals surface area (Å²) in [5.74, 6) is -1.16. The number of aromatic carboxylic acids is 1. The van der Waals surface area contributed by atoms with Crippen molar-refractivity contribution in [1.29, 1.82) is 0 Å². The molecule has 1 N–H and O–H groups in total. The number of Topliss-reactive ketones (excluding diaryl/α,β-unsaturated/α-hetero) is 1. The Morgan fingerprint density at radius 2 is 2.21 bits per heavy atom. The van der Waals surface area contributed by atoms with Gasteiger partial charge in [0.25, 0.3) is 0 Å². The van der Waals surface area contributed by atoms with Crippen molar-refractivity contribution >= 4 is 23.1 Å². The van der Waals surface area contributed by atoms with Gasteiger partial charge in [0.05, 0.1) is 10.7 Å². The van der Waals surface area contributed by atoms with E-state index in [2.05, 4.69) is 4.98 Å². The normalized spacial score (nSPS) is 10.6. The van der Waals surface area contributed by atoms with Crippen molar-refractivity contribution in [3.63, 3.8) is 0 Å².